The van der Waals surface area contributed by atoms with Crippen molar-refractivity contribution in [3.63, 3.8) is 0 Å². The minimum absolute atomic E-state index is 0.0946. The molecule has 1 heterocycles. The maximum absolute atomic E-state index is 12.7. The van der Waals surface area contributed by atoms with Crippen molar-refractivity contribution in [1.29, 1.82) is 0 Å². The van der Waals surface area contributed by atoms with Crippen LogP contribution in [0.15, 0.2) is 42.5 Å². The maximum Gasteiger partial charge on any atom is 0.251 e. The minimum atomic E-state index is -0.202. The molecule has 2 aromatic carbocycles. The van der Waals surface area contributed by atoms with Crippen LogP contribution in [0.3, 0.4) is 0 Å². The zero-order valence-corrected chi connectivity index (χ0v) is 17.5. The molecule has 1 atom stereocenters. The number of benzene rings is 2. The summed E-state index contributed by atoms with van der Waals surface area (Å²) >= 11 is 3.97. The number of thioether (sulfide) groups is 2. The molecule has 1 N–H and O–H groups in total. The van der Waals surface area contributed by atoms with E-state index in [0.29, 0.717) is 10.1 Å². The third-order valence-electron chi connectivity index (χ3n) is 4.52. The van der Waals surface area contributed by atoms with Crippen LogP contribution in [0.25, 0.3) is 0 Å². The van der Waals surface area contributed by atoms with Crippen molar-refractivity contribution in [2.24, 2.45) is 0 Å². The SMILES string of the molecule is COc1ccc(OC)c([C@@H](C)NC(=O)c2ccc(C3SCCCS3)cc2)c1. The highest BCUT2D eigenvalue weighted by Crippen LogP contribution is 2.43. The molecule has 0 saturated carbocycles. The lowest BCUT2D eigenvalue weighted by molar-refractivity contribution is 0.0939. The van der Waals surface area contributed by atoms with E-state index >= 15 is 0 Å². The van der Waals surface area contributed by atoms with Gasteiger partial charge < -0.3 is 14.8 Å². The van der Waals surface area contributed by atoms with Gasteiger partial charge >= 0.3 is 0 Å². The molecule has 1 aliphatic heterocycles. The van der Waals surface area contributed by atoms with Gasteiger partial charge in [0.2, 0.25) is 0 Å². The van der Waals surface area contributed by atoms with Crippen LogP contribution < -0.4 is 14.8 Å². The van der Waals surface area contributed by atoms with E-state index in [0.717, 1.165) is 17.1 Å². The molecule has 1 saturated heterocycles. The van der Waals surface area contributed by atoms with Crippen LogP contribution >= 0.6 is 23.5 Å². The van der Waals surface area contributed by atoms with Gasteiger partial charge in [-0.05, 0) is 60.7 Å². The molecule has 144 valence electrons. The minimum Gasteiger partial charge on any atom is -0.497 e. The molecule has 6 heteroatoms. The van der Waals surface area contributed by atoms with E-state index in [-0.39, 0.29) is 11.9 Å². The number of ether oxygens (including phenoxy) is 2. The van der Waals surface area contributed by atoms with Crippen LogP contribution in [0.1, 0.15) is 45.5 Å². The third-order valence-corrected chi connectivity index (χ3v) is 7.54. The lowest BCUT2D eigenvalue weighted by Gasteiger charge is -2.21. The quantitative estimate of drug-likeness (QED) is 0.730. The van der Waals surface area contributed by atoms with Crippen LogP contribution in [0.4, 0.5) is 0 Å². The third kappa shape index (κ3) is 4.93. The van der Waals surface area contributed by atoms with Crippen molar-refractivity contribution >= 4 is 29.4 Å². The van der Waals surface area contributed by atoms with Gasteiger partial charge in [-0.2, -0.15) is 0 Å². The zero-order valence-electron chi connectivity index (χ0n) is 15.9. The van der Waals surface area contributed by atoms with Gasteiger partial charge in [0, 0.05) is 11.1 Å². The molecule has 1 amide bonds. The molecule has 0 aromatic heterocycles. The summed E-state index contributed by atoms with van der Waals surface area (Å²) in [5.74, 6) is 3.78. The average Bonchev–Trinajstić information content (AvgIpc) is 2.73. The second-order valence-electron chi connectivity index (χ2n) is 6.35. The highest BCUT2D eigenvalue weighted by molar-refractivity contribution is 8.16. The van der Waals surface area contributed by atoms with E-state index < -0.39 is 0 Å². The van der Waals surface area contributed by atoms with Crippen molar-refractivity contribution < 1.29 is 14.3 Å². The first-order valence-corrected chi connectivity index (χ1v) is 11.1. The Balaban J connectivity index is 1.69. The highest BCUT2D eigenvalue weighted by Gasteiger charge is 2.19. The van der Waals surface area contributed by atoms with E-state index in [2.05, 4.69) is 17.4 Å². The molecular weight excluding hydrogens is 378 g/mol. The van der Waals surface area contributed by atoms with Crippen LogP contribution in [-0.4, -0.2) is 31.6 Å². The predicted octanol–water partition coefficient (Wildman–Crippen LogP) is 5.06. The number of rotatable bonds is 6. The number of methoxy groups -OCH3 is 2. The van der Waals surface area contributed by atoms with Gasteiger partial charge in [-0.15, -0.1) is 23.5 Å². The molecule has 1 fully saturated rings. The van der Waals surface area contributed by atoms with Gasteiger partial charge in [0.25, 0.3) is 5.91 Å². The average molecular weight is 404 g/mol. The predicted molar refractivity (Wildman–Crippen MR) is 114 cm³/mol. The molecule has 1 aliphatic rings. The van der Waals surface area contributed by atoms with Crippen molar-refractivity contribution in [1.82, 2.24) is 5.32 Å². The fourth-order valence-electron chi connectivity index (χ4n) is 3.01. The lowest BCUT2D eigenvalue weighted by atomic mass is 10.1. The summed E-state index contributed by atoms with van der Waals surface area (Å²) in [4.78, 5) is 12.7. The first-order valence-electron chi connectivity index (χ1n) is 8.98. The maximum atomic E-state index is 12.7. The molecule has 3 rings (SSSR count). The van der Waals surface area contributed by atoms with Crippen LogP contribution in [-0.2, 0) is 0 Å². The number of nitrogens with one attached hydrogen (secondary N) is 1. The van der Waals surface area contributed by atoms with Crippen molar-refractivity contribution in [2.75, 3.05) is 25.7 Å². The van der Waals surface area contributed by atoms with Gasteiger partial charge in [-0.1, -0.05) is 12.1 Å². The normalized spacial score (nSPS) is 15.8. The summed E-state index contributed by atoms with van der Waals surface area (Å²) in [6.07, 6.45) is 1.28. The standard InChI is InChI=1S/C21H25NO3S2/c1-14(18-13-17(24-2)9-10-19(18)25-3)22-20(23)15-5-7-16(8-6-15)21-26-11-4-12-27-21/h5-10,13-14,21H,4,11-12H2,1-3H3,(H,22,23)/t14-/m1/s1. The van der Waals surface area contributed by atoms with Gasteiger partial charge in [-0.3, -0.25) is 4.79 Å². The zero-order chi connectivity index (χ0) is 19.2. The van der Waals surface area contributed by atoms with Crippen molar-refractivity contribution in [3.05, 3.63) is 59.2 Å². The topological polar surface area (TPSA) is 47.6 Å². The first kappa shape index (κ1) is 20.0. The van der Waals surface area contributed by atoms with Crippen molar-refractivity contribution in [3.8, 4) is 11.5 Å². The summed E-state index contributed by atoms with van der Waals surface area (Å²) in [5, 5.41) is 3.05. The Hall–Kier alpha value is -1.79. The van der Waals surface area contributed by atoms with E-state index in [1.165, 1.54) is 23.5 Å². The monoisotopic (exact) mass is 403 g/mol. The Bertz CT molecular complexity index is 773. The van der Waals surface area contributed by atoms with E-state index in [1.54, 1.807) is 14.2 Å². The smallest absolute Gasteiger partial charge is 0.251 e. The van der Waals surface area contributed by atoms with Gasteiger partial charge in [-0.25, -0.2) is 0 Å². The number of amides is 1. The van der Waals surface area contributed by atoms with Gasteiger partial charge in [0.1, 0.15) is 11.5 Å². The Morgan fingerprint density at radius 1 is 1.07 bits per heavy atom. The van der Waals surface area contributed by atoms with Crippen LogP contribution in [0, 0.1) is 0 Å². The fraction of sp³-hybridized carbons (Fsp3) is 0.381. The van der Waals surface area contributed by atoms with Crippen molar-refractivity contribution in [2.45, 2.75) is 24.0 Å². The summed E-state index contributed by atoms with van der Waals surface area (Å²) in [7, 11) is 3.25. The molecule has 0 spiro atoms. The Labute approximate surface area is 169 Å². The number of carbonyl (C=O) groups excluding carboxylic acids is 1. The molecule has 4 nitrogen and oxygen atoms in total. The Kier molecular flexibility index (Phi) is 6.96. The van der Waals surface area contributed by atoms with Gasteiger partial charge in [0.15, 0.2) is 0 Å². The summed E-state index contributed by atoms with van der Waals surface area (Å²) in [6.45, 7) is 1.94. The summed E-state index contributed by atoms with van der Waals surface area (Å²) < 4.78 is 11.2. The van der Waals surface area contributed by atoms with E-state index in [4.69, 9.17) is 9.47 Å². The summed E-state index contributed by atoms with van der Waals surface area (Å²) in [6, 6.07) is 13.4. The second-order valence-corrected chi connectivity index (χ2v) is 9.08. The molecule has 0 unspecified atom stereocenters. The number of carbonyl (C=O) groups is 1. The molecule has 0 radical (unpaired) electrons. The Morgan fingerprint density at radius 3 is 2.41 bits per heavy atom. The summed E-state index contributed by atoms with van der Waals surface area (Å²) in [5.41, 5.74) is 2.83. The number of hydrogen-bond donors (Lipinski definition) is 1. The number of hydrogen-bond acceptors (Lipinski definition) is 5. The molecule has 0 aliphatic carbocycles. The molecular formula is C21H25NO3S2. The van der Waals surface area contributed by atoms with E-state index in [1.807, 2.05) is 60.8 Å². The molecule has 2 aromatic rings. The van der Waals surface area contributed by atoms with E-state index in [9.17, 15) is 4.79 Å². The lowest BCUT2D eigenvalue weighted by Crippen LogP contribution is -2.27. The highest BCUT2D eigenvalue weighted by atomic mass is 32.2. The Morgan fingerprint density at radius 2 is 1.78 bits per heavy atom. The second kappa shape index (κ2) is 9.42. The molecule has 27 heavy (non-hydrogen) atoms. The fourth-order valence-corrected chi connectivity index (χ4v) is 5.90. The van der Waals surface area contributed by atoms with Crippen LogP contribution in [0.5, 0.6) is 11.5 Å². The van der Waals surface area contributed by atoms with Gasteiger partial charge in [0.05, 0.1) is 24.8 Å². The van der Waals surface area contributed by atoms with Crippen LogP contribution in [0.2, 0.25) is 0 Å². The molecule has 0 bridgehead atoms. The largest absolute Gasteiger partial charge is 0.497 e. The first-order chi connectivity index (χ1) is 13.1.